The van der Waals surface area contributed by atoms with E-state index in [2.05, 4.69) is 12.2 Å². The molecule has 0 aromatic carbocycles. The monoisotopic (exact) mass is 223 g/mol. The Morgan fingerprint density at radius 1 is 1.38 bits per heavy atom. The highest BCUT2D eigenvalue weighted by molar-refractivity contribution is 4.98. The summed E-state index contributed by atoms with van der Waals surface area (Å²) in [5, 5.41) is 3.52. The first-order valence-corrected chi connectivity index (χ1v) is 6.09. The Morgan fingerprint density at radius 3 is 2.88 bits per heavy atom. The van der Waals surface area contributed by atoms with E-state index in [1.807, 2.05) is 12.1 Å². The SMILES string of the molecule is CC1(CNCCc2ccco2)CCOCC1. The highest BCUT2D eigenvalue weighted by Gasteiger charge is 2.26. The molecule has 0 saturated carbocycles. The zero-order chi connectivity index (χ0) is 11.3. The molecule has 1 aliphatic rings. The van der Waals surface area contributed by atoms with Crippen LogP contribution in [0.4, 0.5) is 0 Å². The van der Waals surface area contributed by atoms with Crippen molar-refractivity contribution in [3.05, 3.63) is 24.2 Å². The van der Waals surface area contributed by atoms with Gasteiger partial charge in [0.2, 0.25) is 0 Å². The van der Waals surface area contributed by atoms with Gasteiger partial charge in [0, 0.05) is 32.7 Å². The van der Waals surface area contributed by atoms with Crippen LogP contribution in [-0.2, 0) is 11.2 Å². The van der Waals surface area contributed by atoms with Crippen LogP contribution in [0.25, 0.3) is 0 Å². The molecule has 1 aromatic heterocycles. The van der Waals surface area contributed by atoms with E-state index < -0.39 is 0 Å². The molecule has 3 nitrogen and oxygen atoms in total. The molecule has 0 amide bonds. The molecule has 0 unspecified atom stereocenters. The third kappa shape index (κ3) is 3.35. The second-order valence-corrected chi connectivity index (χ2v) is 4.93. The molecule has 2 rings (SSSR count). The molecular weight excluding hydrogens is 202 g/mol. The normalized spacial score (nSPS) is 19.8. The van der Waals surface area contributed by atoms with Gasteiger partial charge in [0.15, 0.2) is 0 Å². The summed E-state index contributed by atoms with van der Waals surface area (Å²) in [7, 11) is 0. The molecule has 0 bridgehead atoms. The van der Waals surface area contributed by atoms with Crippen LogP contribution in [0.3, 0.4) is 0 Å². The van der Waals surface area contributed by atoms with E-state index in [4.69, 9.17) is 9.15 Å². The standard InChI is InChI=1S/C13H21NO2/c1-13(5-9-15-10-6-13)11-14-7-4-12-3-2-8-16-12/h2-3,8,14H,4-7,9-11H2,1H3. The van der Waals surface area contributed by atoms with Gasteiger partial charge in [0.05, 0.1) is 6.26 Å². The number of hydrogen-bond acceptors (Lipinski definition) is 3. The van der Waals surface area contributed by atoms with Crippen LogP contribution in [0, 0.1) is 5.41 Å². The Labute approximate surface area is 97.2 Å². The van der Waals surface area contributed by atoms with Gasteiger partial charge in [0.25, 0.3) is 0 Å². The molecule has 0 spiro atoms. The highest BCUT2D eigenvalue weighted by Crippen LogP contribution is 2.28. The average Bonchev–Trinajstić information content (AvgIpc) is 2.78. The van der Waals surface area contributed by atoms with Gasteiger partial charge in [-0.3, -0.25) is 0 Å². The maximum atomic E-state index is 5.39. The Hall–Kier alpha value is -0.800. The van der Waals surface area contributed by atoms with E-state index in [9.17, 15) is 0 Å². The largest absolute Gasteiger partial charge is 0.469 e. The Balaban J connectivity index is 1.63. The van der Waals surface area contributed by atoms with Crippen molar-refractivity contribution in [2.24, 2.45) is 5.41 Å². The summed E-state index contributed by atoms with van der Waals surface area (Å²) in [5.74, 6) is 1.06. The molecule has 16 heavy (non-hydrogen) atoms. The molecule has 1 saturated heterocycles. The van der Waals surface area contributed by atoms with Gasteiger partial charge in [-0.15, -0.1) is 0 Å². The van der Waals surface area contributed by atoms with Crippen LogP contribution in [0.15, 0.2) is 22.8 Å². The van der Waals surface area contributed by atoms with Crippen molar-refractivity contribution in [2.75, 3.05) is 26.3 Å². The van der Waals surface area contributed by atoms with E-state index in [0.717, 1.165) is 38.5 Å². The van der Waals surface area contributed by atoms with Crippen molar-refractivity contribution in [3.8, 4) is 0 Å². The molecule has 1 N–H and O–H groups in total. The fourth-order valence-corrected chi connectivity index (χ4v) is 2.10. The molecule has 90 valence electrons. The number of furan rings is 1. The summed E-state index contributed by atoms with van der Waals surface area (Å²) in [6.45, 7) is 6.24. The molecule has 0 radical (unpaired) electrons. The third-order valence-electron chi connectivity index (χ3n) is 3.38. The van der Waals surface area contributed by atoms with Crippen LogP contribution in [0.5, 0.6) is 0 Å². The topological polar surface area (TPSA) is 34.4 Å². The maximum absolute atomic E-state index is 5.39. The van der Waals surface area contributed by atoms with Crippen molar-refractivity contribution in [2.45, 2.75) is 26.2 Å². The lowest BCUT2D eigenvalue weighted by atomic mass is 9.82. The van der Waals surface area contributed by atoms with Gasteiger partial charge < -0.3 is 14.5 Å². The summed E-state index contributed by atoms with van der Waals surface area (Å²) >= 11 is 0. The zero-order valence-corrected chi connectivity index (χ0v) is 10.00. The van der Waals surface area contributed by atoms with Gasteiger partial charge in [0.1, 0.15) is 5.76 Å². The summed E-state index contributed by atoms with van der Waals surface area (Å²) in [5.41, 5.74) is 0.418. The Bertz CT molecular complexity index is 289. The fourth-order valence-electron chi connectivity index (χ4n) is 2.10. The first-order chi connectivity index (χ1) is 7.79. The maximum Gasteiger partial charge on any atom is 0.105 e. The van der Waals surface area contributed by atoms with Gasteiger partial charge in [-0.05, 0) is 30.4 Å². The van der Waals surface area contributed by atoms with E-state index in [-0.39, 0.29) is 0 Å². The van der Waals surface area contributed by atoms with Crippen molar-refractivity contribution in [1.82, 2.24) is 5.32 Å². The summed E-state index contributed by atoms with van der Waals surface area (Å²) < 4.78 is 10.7. The molecule has 3 heteroatoms. The van der Waals surface area contributed by atoms with Crippen molar-refractivity contribution in [1.29, 1.82) is 0 Å². The minimum atomic E-state index is 0.418. The van der Waals surface area contributed by atoms with Gasteiger partial charge in [-0.25, -0.2) is 0 Å². The molecule has 1 fully saturated rings. The Morgan fingerprint density at radius 2 is 2.19 bits per heavy atom. The fraction of sp³-hybridized carbons (Fsp3) is 0.692. The van der Waals surface area contributed by atoms with Gasteiger partial charge >= 0.3 is 0 Å². The average molecular weight is 223 g/mol. The van der Waals surface area contributed by atoms with Gasteiger partial charge in [-0.2, -0.15) is 0 Å². The summed E-state index contributed by atoms with van der Waals surface area (Å²) in [6.07, 6.45) is 5.04. The van der Waals surface area contributed by atoms with Gasteiger partial charge in [-0.1, -0.05) is 6.92 Å². The molecule has 2 heterocycles. The van der Waals surface area contributed by atoms with E-state index in [1.54, 1.807) is 6.26 Å². The quantitative estimate of drug-likeness (QED) is 0.777. The minimum Gasteiger partial charge on any atom is -0.469 e. The van der Waals surface area contributed by atoms with Crippen LogP contribution < -0.4 is 5.32 Å². The van der Waals surface area contributed by atoms with E-state index in [1.165, 1.54) is 12.8 Å². The highest BCUT2D eigenvalue weighted by atomic mass is 16.5. The van der Waals surface area contributed by atoms with Crippen molar-refractivity contribution in [3.63, 3.8) is 0 Å². The van der Waals surface area contributed by atoms with Crippen LogP contribution in [-0.4, -0.2) is 26.3 Å². The number of nitrogens with one attached hydrogen (secondary N) is 1. The predicted octanol–water partition coefficient (Wildman–Crippen LogP) is 2.23. The first kappa shape index (κ1) is 11.7. The first-order valence-electron chi connectivity index (χ1n) is 6.09. The molecule has 0 atom stereocenters. The molecular formula is C13H21NO2. The molecule has 1 aliphatic heterocycles. The molecule has 1 aromatic rings. The Kier molecular flexibility index (Phi) is 4.02. The summed E-state index contributed by atoms with van der Waals surface area (Å²) in [4.78, 5) is 0. The second-order valence-electron chi connectivity index (χ2n) is 4.93. The second kappa shape index (κ2) is 5.51. The van der Waals surface area contributed by atoms with E-state index in [0.29, 0.717) is 5.41 Å². The smallest absolute Gasteiger partial charge is 0.105 e. The molecule has 0 aliphatic carbocycles. The van der Waals surface area contributed by atoms with Crippen LogP contribution in [0.1, 0.15) is 25.5 Å². The zero-order valence-electron chi connectivity index (χ0n) is 10.00. The minimum absolute atomic E-state index is 0.418. The third-order valence-corrected chi connectivity index (χ3v) is 3.38. The van der Waals surface area contributed by atoms with Crippen LogP contribution in [0.2, 0.25) is 0 Å². The lowest BCUT2D eigenvalue weighted by Crippen LogP contribution is -2.37. The lowest BCUT2D eigenvalue weighted by Gasteiger charge is -2.33. The predicted molar refractivity (Wildman–Crippen MR) is 63.4 cm³/mol. The number of rotatable bonds is 5. The number of ether oxygens (including phenoxy) is 1. The van der Waals surface area contributed by atoms with E-state index >= 15 is 0 Å². The van der Waals surface area contributed by atoms with Crippen molar-refractivity contribution < 1.29 is 9.15 Å². The lowest BCUT2D eigenvalue weighted by molar-refractivity contribution is 0.0242. The van der Waals surface area contributed by atoms with Crippen LogP contribution >= 0.6 is 0 Å². The van der Waals surface area contributed by atoms with Crippen molar-refractivity contribution >= 4 is 0 Å². The summed E-state index contributed by atoms with van der Waals surface area (Å²) in [6, 6.07) is 3.97. The number of hydrogen-bond donors (Lipinski definition) is 1.